The van der Waals surface area contributed by atoms with Crippen molar-refractivity contribution in [2.24, 2.45) is 0 Å². The lowest BCUT2D eigenvalue weighted by Crippen LogP contribution is -2.40. The van der Waals surface area contributed by atoms with Crippen molar-refractivity contribution < 1.29 is 18.3 Å². The molecule has 0 bridgehead atoms. The van der Waals surface area contributed by atoms with Crippen LogP contribution in [0.2, 0.25) is 0 Å². The van der Waals surface area contributed by atoms with E-state index in [0.717, 1.165) is 22.1 Å². The summed E-state index contributed by atoms with van der Waals surface area (Å²) >= 11 is 2.20. The van der Waals surface area contributed by atoms with E-state index in [2.05, 4.69) is 9.97 Å². The SMILES string of the molecule is Cc1cc(C2=CCN(c3nc(C)n(Cc4ccc(C(F)(F)F)s4)c(=O)n3)CC2O)cs1. The monoisotopic (exact) mass is 468 g/mol. The molecule has 0 radical (unpaired) electrons. The maximum absolute atomic E-state index is 12.8. The van der Waals surface area contributed by atoms with E-state index in [1.54, 1.807) is 23.2 Å². The summed E-state index contributed by atoms with van der Waals surface area (Å²) in [5.41, 5.74) is 1.22. The number of aliphatic hydroxyl groups is 1. The number of hydrogen-bond acceptors (Lipinski definition) is 7. The topological polar surface area (TPSA) is 71.2 Å². The molecule has 1 unspecified atom stereocenters. The summed E-state index contributed by atoms with van der Waals surface area (Å²) < 4.78 is 39.7. The van der Waals surface area contributed by atoms with Crippen molar-refractivity contribution in [2.75, 3.05) is 18.0 Å². The summed E-state index contributed by atoms with van der Waals surface area (Å²) in [7, 11) is 0. The summed E-state index contributed by atoms with van der Waals surface area (Å²) in [5.74, 6) is 0.534. The first kappa shape index (κ1) is 21.7. The van der Waals surface area contributed by atoms with Crippen LogP contribution in [0.15, 0.2) is 34.4 Å². The number of aliphatic hydroxyl groups excluding tert-OH is 1. The molecule has 3 aromatic rings. The Kier molecular flexibility index (Phi) is 5.75. The molecule has 1 aliphatic heterocycles. The van der Waals surface area contributed by atoms with E-state index in [-0.39, 0.29) is 19.0 Å². The van der Waals surface area contributed by atoms with Crippen LogP contribution in [0.3, 0.4) is 0 Å². The number of aromatic nitrogens is 3. The molecular formula is C20H19F3N4O2S2. The quantitative estimate of drug-likeness (QED) is 0.632. The van der Waals surface area contributed by atoms with Crippen LogP contribution in [0.25, 0.3) is 5.57 Å². The van der Waals surface area contributed by atoms with E-state index in [0.29, 0.717) is 28.6 Å². The molecule has 1 N–H and O–H groups in total. The maximum atomic E-state index is 12.8. The lowest BCUT2D eigenvalue weighted by atomic mass is 9.99. The summed E-state index contributed by atoms with van der Waals surface area (Å²) in [5, 5.41) is 12.6. The van der Waals surface area contributed by atoms with E-state index in [1.165, 1.54) is 10.6 Å². The molecular weight excluding hydrogens is 449 g/mol. The van der Waals surface area contributed by atoms with Crippen LogP contribution in [0.1, 0.15) is 26.0 Å². The predicted molar refractivity (Wildman–Crippen MR) is 115 cm³/mol. The Morgan fingerprint density at radius 3 is 2.61 bits per heavy atom. The highest BCUT2D eigenvalue weighted by Gasteiger charge is 2.32. The van der Waals surface area contributed by atoms with Gasteiger partial charge >= 0.3 is 11.9 Å². The average Bonchev–Trinajstić information content (AvgIpc) is 3.33. The van der Waals surface area contributed by atoms with Crippen LogP contribution in [-0.2, 0) is 12.7 Å². The van der Waals surface area contributed by atoms with Crippen LogP contribution < -0.4 is 10.6 Å². The van der Waals surface area contributed by atoms with E-state index in [1.807, 2.05) is 24.4 Å². The van der Waals surface area contributed by atoms with Crippen LogP contribution >= 0.6 is 22.7 Å². The van der Waals surface area contributed by atoms with E-state index in [9.17, 15) is 23.1 Å². The van der Waals surface area contributed by atoms with Gasteiger partial charge in [-0.3, -0.25) is 4.57 Å². The number of alkyl halides is 3. The highest BCUT2D eigenvalue weighted by molar-refractivity contribution is 7.12. The molecule has 0 saturated heterocycles. The third-order valence-corrected chi connectivity index (χ3v) is 6.94. The zero-order valence-electron chi connectivity index (χ0n) is 16.7. The molecule has 1 atom stereocenters. The van der Waals surface area contributed by atoms with Gasteiger partial charge in [0.1, 0.15) is 10.7 Å². The minimum atomic E-state index is -4.41. The number of aryl methyl sites for hydroxylation is 2. The largest absolute Gasteiger partial charge is 0.425 e. The number of anilines is 1. The minimum absolute atomic E-state index is 0.0319. The second-order valence-electron chi connectivity index (χ2n) is 7.23. The third kappa shape index (κ3) is 4.58. The first-order valence-corrected chi connectivity index (χ1v) is 11.1. The number of β-amino-alcohol motifs (C(OH)–C–C–N with tert-alkyl or cyclic N) is 1. The molecule has 6 nitrogen and oxygen atoms in total. The summed E-state index contributed by atoms with van der Waals surface area (Å²) in [6.45, 7) is 4.26. The van der Waals surface area contributed by atoms with Gasteiger partial charge in [-0.25, -0.2) is 4.79 Å². The molecule has 4 heterocycles. The molecule has 0 aromatic carbocycles. The summed E-state index contributed by atoms with van der Waals surface area (Å²) in [4.78, 5) is 23.5. The number of thiophene rings is 2. The molecule has 11 heteroatoms. The van der Waals surface area contributed by atoms with Gasteiger partial charge in [0.05, 0.1) is 19.2 Å². The zero-order chi connectivity index (χ0) is 22.3. The van der Waals surface area contributed by atoms with Crippen LogP contribution in [0.4, 0.5) is 19.1 Å². The normalized spacial score (nSPS) is 17.2. The molecule has 0 aliphatic carbocycles. The summed E-state index contributed by atoms with van der Waals surface area (Å²) in [6.07, 6.45) is -3.27. The molecule has 0 saturated carbocycles. The van der Waals surface area contributed by atoms with Gasteiger partial charge in [-0.1, -0.05) is 6.08 Å². The number of hydrogen-bond donors (Lipinski definition) is 1. The van der Waals surface area contributed by atoms with Gasteiger partial charge in [0.2, 0.25) is 5.95 Å². The highest BCUT2D eigenvalue weighted by atomic mass is 32.1. The second kappa shape index (κ2) is 8.21. The first-order valence-electron chi connectivity index (χ1n) is 9.42. The fraction of sp³-hybridized carbons (Fsp3) is 0.350. The number of rotatable bonds is 4. The number of nitrogens with zero attached hydrogens (tertiary/aromatic N) is 4. The molecule has 0 spiro atoms. The number of halogens is 3. The van der Waals surface area contributed by atoms with E-state index < -0.39 is 22.8 Å². The Labute approximate surface area is 183 Å². The van der Waals surface area contributed by atoms with Gasteiger partial charge in [-0.2, -0.15) is 23.1 Å². The Morgan fingerprint density at radius 2 is 2.03 bits per heavy atom. The van der Waals surface area contributed by atoms with Gasteiger partial charge in [-0.05, 0) is 48.6 Å². The smallest absolute Gasteiger partial charge is 0.387 e. The molecule has 164 valence electrons. The average molecular weight is 469 g/mol. The molecule has 0 fully saturated rings. The molecule has 0 amide bonds. The lowest BCUT2D eigenvalue weighted by molar-refractivity contribution is -0.134. The van der Waals surface area contributed by atoms with Crippen molar-refractivity contribution in [3.05, 3.63) is 66.2 Å². The van der Waals surface area contributed by atoms with Crippen molar-refractivity contribution in [3.8, 4) is 0 Å². The fourth-order valence-electron chi connectivity index (χ4n) is 3.40. The Balaban J connectivity index is 1.54. The van der Waals surface area contributed by atoms with Crippen LogP contribution in [0.5, 0.6) is 0 Å². The predicted octanol–water partition coefficient (Wildman–Crippen LogP) is 3.71. The molecule has 3 aromatic heterocycles. The molecule has 31 heavy (non-hydrogen) atoms. The Hall–Kier alpha value is -2.50. The van der Waals surface area contributed by atoms with Gasteiger partial charge in [0.25, 0.3) is 0 Å². The van der Waals surface area contributed by atoms with Crippen molar-refractivity contribution in [2.45, 2.75) is 32.7 Å². The summed E-state index contributed by atoms with van der Waals surface area (Å²) in [6, 6.07) is 4.38. The van der Waals surface area contributed by atoms with Crippen LogP contribution in [-0.4, -0.2) is 38.8 Å². The molecule has 4 rings (SSSR count). The maximum Gasteiger partial charge on any atom is 0.425 e. The van der Waals surface area contributed by atoms with E-state index >= 15 is 0 Å². The van der Waals surface area contributed by atoms with Crippen LogP contribution in [0, 0.1) is 13.8 Å². The van der Waals surface area contributed by atoms with Crippen molar-refractivity contribution in [1.82, 2.24) is 14.5 Å². The first-order chi connectivity index (χ1) is 14.6. The fourth-order valence-corrected chi connectivity index (χ4v) is 4.98. The van der Waals surface area contributed by atoms with Gasteiger partial charge < -0.3 is 10.0 Å². The Bertz CT molecular complexity index is 1200. The van der Waals surface area contributed by atoms with Crippen molar-refractivity contribution in [1.29, 1.82) is 0 Å². The van der Waals surface area contributed by atoms with Crippen molar-refractivity contribution >= 4 is 34.2 Å². The lowest BCUT2D eigenvalue weighted by Gasteiger charge is -2.30. The van der Waals surface area contributed by atoms with Gasteiger partial charge in [0.15, 0.2) is 0 Å². The molecule has 1 aliphatic rings. The van der Waals surface area contributed by atoms with E-state index in [4.69, 9.17) is 0 Å². The van der Waals surface area contributed by atoms with Gasteiger partial charge in [-0.15, -0.1) is 22.7 Å². The second-order valence-corrected chi connectivity index (χ2v) is 9.51. The minimum Gasteiger partial charge on any atom is -0.387 e. The third-order valence-electron chi connectivity index (χ3n) is 4.96. The highest BCUT2D eigenvalue weighted by Crippen LogP contribution is 2.35. The van der Waals surface area contributed by atoms with Crippen molar-refractivity contribution in [3.63, 3.8) is 0 Å². The Morgan fingerprint density at radius 1 is 1.26 bits per heavy atom. The van der Waals surface area contributed by atoms with Gasteiger partial charge in [0, 0.05) is 16.3 Å². The standard InChI is InChI=1S/C20H19F3N4O2S2/c1-11-7-13(10-30-11)15-5-6-26(9-16(15)28)18-24-12(2)27(19(29)25-18)8-14-3-4-17(31-14)20(21,22)23/h3-5,7,10,16,28H,6,8-9H2,1-2H3. The zero-order valence-corrected chi connectivity index (χ0v) is 18.3.